The van der Waals surface area contributed by atoms with Crippen LogP contribution in [0, 0.1) is 0 Å². The van der Waals surface area contributed by atoms with E-state index in [1.54, 1.807) is 0 Å². The Bertz CT molecular complexity index is 724. The molecule has 0 aliphatic carbocycles. The fraction of sp³-hybridized carbons (Fsp3) is 0.538. The fourth-order valence-electron chi connectivity index (χ4n) is 3.90. The Balaban J connectivity index is 1.52. The van der Waals surface area contributed by atoms with Crippen LogP contribution in [0.1, 0.15) is 0 Å². The Morgan fingerprint density at radius 2 is 0.676 bits per heavy atom. The molecule has 34 heavy (non-hydrogen) atoms. The van der Waals surface area contributed by atoms with E-state index in [4.69, 9.17) is 28.4 Å². The molecule has 0 unspecified atom stereocenters. The smallest absolute Gasteiger partial charge is 0.161 e. The van der Waals surface area contributed by atoms with Crippen molar-refractivity contribution < 1.29 is 28.4 Å². The average molecular weight is 473 g/mol. The van der Waals surface area contributed by atoms with E-state index in [-0.39, 0.29) is 0 Å². The van der Waals surface area contributed by atoms with Crippen molar-refractivity contribution in [3.63, 3.8) is 0 Å². The molecule has 2 aromatic rings. The molecule has 0 spiro atoms. The summed E-state index contributed by atoms with van der Waals surface area (Å²) in [6.45, 7) is 9.24. The maximum Gasteiger partial charge on any atom is 0.161 e. The predicted octanol–water partition coefficient (Wildman–Crippen LogP) is 2.57. The molecule has 0 N–H and O–H groups in total. The summed E-state index contributed by atoms with van der Waals surface area (Å²) in [5, 5.41) is 0. The second-order valence-corrected chi connectivity index (χ2v) is 8.20. The summed E-state index contributed by atoms with van der Waals surface area (Å²) in [6, 6.07) is 15.7. The van der Waals surface area contributed by atoms with Gasteiger partial charge in [-0.25, -0.2) is 0 Å². The van der Waals surface area contributed by atoms with E-state index in [2.05, 4.69) is 9.80 Å². The number of nitrogens with zero attached hydrogens (tertiary/aromatic N) is 2. The Kier molecular flexibility index (Phi) is 10.1. The second-order valence-electron chi connectivity index (χ2n) is 8.20. The first-order valence-electron chi connectivity index (χ1n) is 12.2. The van der Waals surface area contributed by atoms with Crippen LogP contribution >= 0.6 is 0 Å². The van der Waals surface area contributed by atoms with Crippen LogP contribution in [-0.4, -0.2) is 102 Å². The Labute approximate surface area is 202 Å². The zero-order valence-electron chi connectivity index (χ0n) is 19.9. The van der Waals surface area contributed by atoms with Crippen LogP contribution in [0.25, 0.3) is 0 Å². The Morgan fingerprint density at radius 1 is 0.382 bits per heavy atom. The molecule has 0 atom stereocenters. The van der Waals surface area contributed by atoms with Gasteiger partial charge in [0.1, 0.15) is 26.4 Å². The Morgan fingerprint density at radius 3 is 1.00 bits per heavy atom. The van der Waals surface area contributed by atoms with Crippen LogP contribution in [-0.2, 0) is 9.47 Å². The molecule has 0 amide bonds. The van der Waals surface area contributed by atoms with Crippen LogP contribution in [0.4, 0.5) is 0 Å². The van der Waals surface area contributed by atoms with E-state index in [0.717, 1.165) is 62.3 Å². The van der Waals surface area contributed by atoms with Gasteiger partial charge >= 0.3 is 0 Å². The van der Waals surface area contributed by atoms with Gasteiger partial charge in [0.25, 0.3) is 0 Å². The predicted molar refractivity (Wildman–Crippen MR) is 129 cm³/mol. The fourth-order valence-corrected chi connectivity index (χ4v) is 3.90. The van der Waals surface area contributed by atoms with Crippen molar-refractivity contribution in [1.29, 1.82) is 0 Å². The molecule has 3 heterocycles. The lowest BCUT2D eigenvalue weighted by Crippen LogP contribution is -2.36. The van der Waals surface area contributed by atoms with Crippen LogP contribution in [0.2, 0.25) is 0 Å². The van der Waals surface area contributed by atoms with Crippen molar-refractivity contribution in [3.05, 3.63) is 48.5 Å². The van der Waals surface area contributed by atoms with Crippen molar-refractivity contribution in [2.45, 2.75) is 0 Å². The molecular weight excluding hydrogens is 436 g/mol. The summed E-state index contributed by atoms with van der Waals surface area (Å²) in [4.78, 5) is 4.58. The maximum absolute atomic E-state index is 6.11. The molecule has 8 nitrogen and oxygen atoms in total. The van der Waals surface area contributed by atoms with E-state index in [0.29, 0.717) is 52.9 Å². The van der Waals surface area contributed by atoms with Crippen molar-refractivity contribution in [1.82, 2.24) is 9.80 Å². The van der Waals surface area contributed by atoms with Crippen molar-refractivity contribution in [2.75, 3.05) is 92.1 Å². The number of hydrogen-bond donors (Lipinski definition) is 0. The molecule has 3 aliphatic heterocycles. The maximum atomic E-state index is 6.11. The minimum Gasteiger partial charge on any atom is -0.488 e. The molecular formula is C26H36N2O6. The molecule has 2 aromatic carbocycles. The van der Waals surface area contributed by atoms with Gasteiger partial charge in [0.05, 0.1) is 26.4 Å². The highest BCUT2D eigenvalue weighted by Crippen LogP contribution is 2.27. The molecule has 2 bridgehead atoms. The van der Waals surface area contributed by atoms with Gasteiger partial charge in [-0.2, -0.15) is 0 Å². The summed E-state index contributed by atoms with van der Waals surface area (Å²) < 4.78 is 36.1. The molecule has 0 saturated heterocycles. The molecule has 186 valence electrons. The first kappa shape index (κ1) is 24.6. The van der Waals surface area contributed by atoms with Gasteiger partial charge in [-0.3, -0.25) is 9.80 Å². The van der Waals surface area contributed by atoms with E-state index in [1.165, 1.54) is 0 Å². The van der Waals surface area contributed by atoms with Gasteiger partial charge in [-0.05, 0) is 24.3 Å². The number of hydrogen-bond acceptors (Lipinski definition) is 8. The second kappa shape index (κ2) is 14.0. The molecule has 0 fully saturated rings. The van der Waals surface area contributed by atoms with Crippen LogP contribution in [0.3, 0.4) is 0 Å². The molecule has 0 radical (unpaired) electrons. The summed E-state index contributed by atoms with van der Waals surface area (Å²) in [7, 11) is 0. The van der Waals surface area contributed by atoms with E-state index >= 15 is 0 Å². The lowest BCUT2D eigenvalue weighted by Gasteiger charge is -2.25. The van der Waals surface area contributed by atoms with Crippen molar-refractivity contribution >= 4 is 0 Å². The van der Waals surface area contributed by atoms with Gasteiger partial charge in [0.2, 0.25) is 0 Å². The lowest BCUT2D eigenvalue weighted by atomic mass is 10.3. The largest absolute Gasteiger partial charge is 0.488 e. The molecule has 5 rings (SSSR count). The molecule has 3 aliphatic rings. The topological polar surface area (TPSA) is 61.9 Å². The van der Waals surface area contributed by atoms with Gasteiger partial charge in [-0.1, -0.05) is 24.3 Å². The molecule has 8 heteroatoms. The summed E-state index contributed by atoms with van der Waals surface area (Å²) in [6.07, 6.45) is 0. The van der Waals surface area contributed by atoms with E-state index in [9.17, 15) is 0 Å². The quantitative estimate of drug-likeness (QED) is 0.580. The summed E-state index contributed by atoms with van der Waals surface area (Å²) >= 11 is 0. The van der Waals surface area contributed by atoms with Crippen LogP contribution in [0.5, 0.6) is 23.0 Å². The molecule has 0 saturated carbocycles. The highest BCUT2D eigenvalue weighted by atomic mass is 16.5. The number of rotatable bonds is 0. The zero-order valence-corrected chi connectivity index (χ0v) is 19.9. The van der Waals surface area contributed by atoms with Crippen molar-refractivity contribution in [3.8, 4) is 23.0 Å². The minimum atomic E-state index is 0.551. The minimum absolute atomic E-state index is 0.551. The standard InChI is InChI=1S/C26H36N2O6/c1-2-6-24-23(5-1)31-17-11-27-9-15-29-21-22-30-16-10-28(12-18-32-24)14-20-34-26-8-4-3-7-25(26)33-19-13-27/h1-8H,9-22H2. The van der Waals surface area contributed by atoms with Gasteiger partial charge in [-0.15, -0.1) is 0 Å². The van der Waals surface area contributed by atoms with Crippen molar-refractivity contribution in [2.24, 2.45) is 0 Å². The van der Waals surface area contributed by atoms with Crippen LogP contribution < -0.4 is 18.9 Å². The Hall–Kier alpha value is -2.52. The SMILES string of the molecule is c1ccc2c(c1)OCCN1CCOCCOCCN(CCO2)CCOc2ccccc2OCC1. The van der Waals surface area contributed by atoms with E-state index < -0.39 is 0 Å². The first-order chi connectivity index (χ1) is 16.9. The highest BCUT2D eigenvalue weighted by molar-refractivity contribution is 5.40. The third-order valence-corrected chi connectivity index (χ3v) is 5.83. The summed E-state index contributed by atoms with van der Waals surface area (Å²) in [5.74, 6) is 3.07. The third-order valence-electron chi connectivity index (χ3n) is 5.83. The first-order valence-corrected chi connectivity index (χ1v) is 12.2. The van der Waals surface area contributed by atoms with Crippen LogP contribution in [0.15, 0.2) is 48.5 Å². The monoisotopic (exact) mass is 472 g/mol. The number of benzene rings is 2. The number of ether oxygens (including phenoxy) is 6. The highest BCUT2D eigenvalue weighted by Gasteiger charge is 2.13. The third kappa shape index (κ3) is 8.06. The van der Waals surface area contributed by atoms with Gasteiger partial charge < -0.3 is 28.4 Å². The number of fused-ring (bicyclic) bond motifs is 15. The van der Waals surface area contributed by atoms with Gasteiger partial charge in [0, 0.05) is 39.3 Å². The zero-order chi connectivity index (χ0) is 23.3. The van der Waals surface area contributed by atoms with E-state index in [1.807, 2.05) is 48.5 Å². The number of para-hydroxylation sites is 4. The molecule has 0 aromatic heterocycles. The average Bonchev–Trinajstić information content (AvgIpc) is 2.85. The summed E-state index contributed by atoms with van der Waals surface area (Å²) in [5.41, 5.74) is 0. The normalized spacial score (nSPS) is 23.5. The lowest BCUT2D eigenvalue weighted by molar-refractivity contribution is 0.0257. The van der Waals surface area contributed by atoms with Gasteiger partial charge in [0.15, 0.2) is 23.0 Å².